The van der Waals surface area contributed by atoms with E-state index in [4.69, 9.17) is 0 Å². The number of benzene rings is 1. The lowest BCUT2D eigenvalue weighted by molar-refractivity contribution is 0.0689. The van der Waals surface area contributed by atoms with E-state index in [1.807, 2.05) is 17.0 Å². The number of carbonyl (C=O) groups is 1. The predicted molar refractivity (Wildman–Crippen MR) is 108 cm³/mol. The molecule has 0 saturated carbocycles. The summed E-state index contributed by atoms with van der Waals surface area (Å²) in [5.74, 6) is 0.0617. The van der Waals surface area contributed by atoms with Crippen molar-refractivity contribution < 1.29 is 4.79 Å². The zero-order valence-corrected chi connectivity index (χ0v) is 16.2. The standard InChI is InChI=1S/C22H28N4O/c1-16-5-3-6-18-14-26(22(27)17-7-4-11-23-13-17)15-20-9-8-19(25(20)2)10-12-24-21(16)18/h3-7,11,13,19-20,24H,8-10,12,14-15H2,1-2H3. The lowest BCUT2D eigenvalue weighted by Gasteiger charge is -2.31. The van der Waals surface area contributed by atoms with Crippen LogP contribution in [0.25, 0.3) is 0 Å². The molecule has 5 heteroatoms. The molecule has 4 rings (SSSR count). The van der Waals surface area contributed by atoms with E-state index in [0.717, 1.165) is 25.9 Å². The highest BCUT2D eigenvalue weighted by Gasteiger charge is 2.33. The van der Waals surface area contributed by atoms with E-state index in [1.54, 1.807) is 12.4 Å². The first-order valence-corrected chi connectivity index (χ1v) is 9.87. The molecule has 1 aromatic carbocycles. The van der Waals surface area contributed by atoms with Crippen molar-refractivity contribution in [2.45, 2.75) is 44.8 Å². The molecule has 2 aromatic rings. The average Bonchev–Trinajstić information content (AvgIpc) is 3.01. The molecule has 2 atom stereocenters. The molecule has 0 radical (unpaired) electrons. The Hall–Kier alpha value is -2.40. The van der Waals surface area contributed by atoms with Gasteiger partial charge in [-0.15, -0.1) is 0 Å². The number of nitrogens with zero attached hydrogens (tertiary/aromatic N) is 3. The van der Waals surface area contributed by atoms with Gasteiger partial charge < -0.3 is 10.2 Å². The van der Waals surface area contributed by atoms with Crippen LogP contribution in [0.2, 0.25) is 0 Å². The zero-order chi connectivity index (χ0) is 18.8. The Kier molecular flexibility index (Phi) is 5.12. The predicted octanol–water partition coefficient (Wildman–Crippen LogP) is 3.31. The van der Waals surface area contributed by atoms with Crippen LogP contribution in [-0.2, 0) is 6.54 Å². The Bertz CT molecular complexity index is 807. The Morgan fingerprint density at radius 1 is 1.15 bits per heavy atom. The van der Waals surface area contributed by atoms with E-state index in [9.17, 15) is 4.79 Å². The van der Waals surface area contributed by atoms with Crippen LogP contribution in [0.15, 0.2) is 42.7 Å². The Balaban J connectivity index is 1.70. The average molecular weight is 364 g/mol. The molecule has 142 valence electrons. The molecule has 27 heavy (non-hydrogen) atoms. The van der Waals surface area contributed by atoms with Gasteiger partial charge in [-0.2, -0.15) is 0 Å². The topological polar surface area (TPSA) is 48.5 Å². The number of hydrogen-bond acceptors (Lipinski definition) is 4. The molecule has 5 nitrogen and oxygen atoms in total. The highest BCUT2D eigenvalue weighted by Crippen LogP contribution is 2.29. The highest BCUT2D eigenvalue weighted by atomic mass is 16.2. The molecule has 3 heterocycles. The van der Waals surface area contributed by atoms with E-state index in [2.05, 4.69) is 47.4 Å². The maximum atomic E-state index is 13.3. The second kappa shape index (κ2) is 7.69. The number of carbonyl (C=O) groups excluding carboxylic acids is 1. The number of hydrogen-bond donors (Lipinski definition) is 1. The first-order chi connectivity index (χ1) is 13.1. The van der Waals surface area contributed by atoms with Crippen LogP contribution in [0.5, 0.6) is 0 Å². The summed E-state index contributed by atoms with van der Waals surface area (Å²) in [7, 11) is 2.21. The van der Waals surface area contributed by atoms with Crippen molar-refractivity contribution in [3.8, 4) is 0 Å². The molecule has 1 saturated heterocycles. The highest BCUT2D eigenvalue weighted by molar-refractivity contribution is 5.94. The van der Waals surface area contributed by atoms with E-state index < -0.39 is 0 Å². The van der Waals surface area contributed by atoms with Gasteiger partial charge in [0.1, 0.15) is 0 Å². The molecule has 2 aliphatic heterocycles. The van der Waals surface area contributed by atoms with Gasteiger partial charge in [0.05, 0.1) is 5.56 Å². The Morgan fingerprint density at radius 2 is 2.00 bits per heavy atom. The van der Waals surface area contributed by atoms with Gasteiger partial charge in [0.25, 0.3) is 5.91 Å². The van der Waals surface area contributed by atoms with Crippen LogP contribution >= 0.6 is 0 Å². The summed E-state index contributed by atoms with van der Waals surface area (Å²) in [5, 5.41) is 3.65. The number of fused-ring (bicyclic) bond motifs is 3. The van der Waals surface area contributed by atoms with Gasteiger partial charge in [0, 0.05) is 49.8 Å². The number of rotatable bonds is 1. The maximum Gasteiger partial charge on any atom is 0.255 e. The third kappa shape index (κ3) is 3.69. The van der Waals surface area contributed by atoms with Crippen molar-refractivity contribution in [1.82, 2.24) is 14.8 Å². The van der Waals surface area contributed by atoms with E-state index in [0.29, 0.717) is 24.2 Å². The Morgan fingerprint density at radius 3 is 2.81 bits per heavy atom. The number of para-hydroxylation sites is 1. The summed E-state index contributed by atoms with van der Waals surface area (Å²) < 4.78 is 0. The monoisotopic (exact) mass is 364 g/mol. The van der Waals surface area contributed by atoms with Crippen LogP contribution in [0.4, 0.5) is 5.69 Å². The molecule has 1 amide bonds. The largest absolute Gasteiger partial charge is 0.384 e. The molecule has 2 bridgehead atoms. The second-order valence-corrected chi connectivity index (χ2v) is 7.80. The van der Waals surface area contributed by atoms with Crippen LogP contribution in [0.3, 0.4) is 0 Å². The lowest BCUT2D eigenvalue weighted by Crippen LogP contribution is -2.43. The molecule has 2 unspecified atom stereocenters. The van der Waals surface area contributed by atoms with Gasteiger partial charge in [0.2, 0.25) is 0 Å². The zero-order valence-electron chi connectivity index (χ0n) is 16.2. The fourth-order valence-corrected chi connectivity index (χ4v) is 4.49. The minimum Gasteiger partial charge on any atom is -0.384 e. The molecule has 1 N–H and O–H groups in total. The number of amides is 1. The summed E-state index contributed by atoms with van der Waals surface area (Å²) in [4.78, 5) is 21.9. The second-order valence-electron chi connectivity index (χ2n) is 7.80. The first-order valence-electron chi connectivity index (χ1n) is 9.87. The quantitative estimate of drug-likeness (QED) is 0.843. The third-order valence-electron chi connectivity index (χ3n) is 6.11. The summed E-state index contributed by atoms with van der Waals surface area (Å²) in [6.45, 7) is 4.48. The summed E-state index contributed by atoms with van der Waals surface area (Å²) in [6, 6.07) is 11.1. The molecule has 0 spiro atoms. The van der Waals surface area contributed by atoms with Crippen LogP contribution in [-0.4, -0.2) is 52.9 Å². The number of aryl methyl sites for hydroxylation is 1. The summed E-state index contributed by atoms with van der Waals surface area (Å²) in [5.41, 5.74) is 4.26. The van der Waals surface area contributed by atoms with Gasteiger partial charge in [-0.25, -0.2) is 0 Å². The molecule has 0 aliphatic carbocycles. The number of aromatic nitrogens is 1. The molecule has 1 aromatic heterocycles. The van der Waals surface area contributed by atoms with Crippen LogP contribution in [0.1, 0.15) is 40.7 Å². The minimum absolute atomic E-state index is 0.0617. The number of pyridine rings is 1. The van der Waals surface area contributed by atoms with Gasteiger partial charge in [-0.05, 0) is 56.5 Å². The number of anilines is 1. The SMILES string of the molecule is Cc1cccc2c1NCCC1CCC(CN(C(=O)c3cccnc3)C2)N1C. The van der Waals surface area contributed by atoms with Gasteiger partial charge in [-0.1, -0.05) is 18.2 Å². The van der Waals surface area contributed by atoms with Gasteiger partial charge in [-0.3, -0.25) is 14.7 Å². The van der Waals surface area contributed by atoms with Crippen molar-refractivity contribution in [2.75, 3.05) is 25.5 Å². The fourth-order valence-electron chi connectivity index (χ4n) is 4.49. The van der Waals surface area contributed by atoms with Crippen molar-refractivity contribution in [3.63, 3.8) is 0 Å². The lowest BCUT2D eigenvalue weighted by atomic mass is 10.0. The summed E-state index contributed by atoms with van der Waals surface area (Å²) >= 11 is 0. The van der Waals surface area contributed by atoms with E-state index in [-0.39, 0.29) is 5.91 Å². The van der Waals surface area contributed by atoms with E-state index in [1.165, 1.54) is 23.2 Å². The van der Waals surface area contributed by atoms with Crippen molar-refractivity contribution in [3.05, 3.63) is 59.4 Å². The van der Waals surface area contributed by atoms with Crippen molar-refractivity contribution in [2.24, 2.45) is 0 Å². The number of nitrogens with one attached hydrogen (secondary N) is 1. The smallest absolute Gasteiger partial charge is 0.255 e. The first kappa shape index (κ1) is 18.0. The Labute approximate surface area is 161 Å². The maximum absolute atomic E-state index is 13.3. The van der Waals surface area contributed by atoms with Crippen LogP contribution < -0.4 is 5.32 Å². The van der Waals surface area contributed by atoms with Crippen molar-refractivity contribution >= 4 is 11.6 Å². The minimum atomic E-state index is 0.0617. The summed E-state index contributed by atoms with van der Waals surface area (Å²) in [6.07, 6.45) is 6.87. The van der Waals surface area contributed by atoms with Gasteiger partial charge >= 0.3 is 0 Å². The fraction of sp³-hybridized carbons (Fsp3) is 0.455. The van der Waals surface area contributed by atoms with Gasteiger partial charge in [0.15, 0.2) is 0 Å². The molecule has 1 fully saturated rings. The van der Waals surface area contributed by atoms with E-state index >= 15 is 0 Å². The van der Waals surface area contributed by atoms with Crippen LogP contribution in [0, 0.1) is 6.92 Å². The van der Waals surface area contributed by atoms with Crippen molar-refractivity contribution in [1.29, 1.82) is 0 Å². The molecular formula is C22H28N4O. The third-order valence-corrected chi connectivity index (χ3v) is 6.11. The number of likely N-dealkylation sites (N-methyl/N-ethyl adjacent to an activating group) is 1. The molecule has 2 aliphatic rings. The molecular weight excluding hydrogens is 336 g/mol. The normalized spacial score (nSPS) is 23.3.